The van der Waals surface area contributed by atoms with E-state index < -0.39 is 0 Å². The summed E-state index contributed by atoms with van der Waals surface area (Å²) in [6.07, 6.45) is 3.20. The Balaban J connectivity index is 1.73. The number of aromatic nitrogens is 4. The zero-order valence-corrected chi connectivity index (χ0v) is 19.4. The Kier molecular flexibility index (Phi) is 6.27. The minimum Gasteiger partial charge on any atom is -0.468 e. The smallest absolute Gasteiger partial charge is 0.325 e. The monoisotopic (exact) mass is 441 g/mol. The Hall–Kier alpha value is -3.92. The minimum absolute atomic E-state index is 0.112. The highest BCUT2D eigenvalue weighted by molar-refractivity contribution is 5.83. The van der Waals surface area contributed by atoms with Crippen LogP contribution in [0.15, 0.2) is 48.8 Å². The van der Waals surface area contributed by atoms with Gasteiger partial charge in [-0.15, -0.1) is 0 Å². The van der Waals surface area contributed by atoms with Crippen molar-refractivity contribution in [2.45, 2.75) is 33.2 Å². The summed E-state index contributed by atoms with van der Waals surface area (Å²) >= 11 is 0. The average Bonchev–Trinajstić information content (AvgIpc) is 3.33. The van der Waals surface area contributed by atoms with Crippen LogP contribution in [0.4, 0.5) is 0 Å². The lowest BCUT2D eigenvalue weighted by atomic mass is 10.0. The number of rotatable bonds is 7. The van der Waals surface area contributed by atoms with Gasteiger partial charge in [-0.05, 0) is 42.2 Å². The molecule has 33 heavy (non-hydrogen) atoms. The first-order valence-corrected chi connectivity index (χ1v) is 10.9. The Labute approximate surface area is 193 Å². The molecule has 0 saturated heterocycles. The summed E-state index contributed by atoms with van der Waals surface area (Å²) < 4.78 is 8.82. The molecule has 0 spiro atoms. The Bertz CT molecular complexity index is 1340. The van der Waals surface area contributed by atoms with Crippen LogP contribution in [0.25, 0.3) is 22.3 Å². The highest BCUT2D eigenvalue weighted by atomic mass is 16.5. The second-order valence-corrected chi connectivity index (χ2v) is 8.62. The zero-order chi connectivity index (χ0) is 23.5. The van der Waals surface area contributed by atoms with Gasteiger partial charge in [0.1, 0.15) is 12.4 Å². The third-order valence-corrected chi connectivity index (χ3v) is 5.73. The lowest BCUT2D eigenvalue weighted by Crippen LogP contribution is -2.12. The van der Waals surface area contributed by atoms with Crippen molar-refractivity contribution in [3.05, 3.63) is 71.4 Å². The first-order valence-electron chi connectivity index (χ1n) is 10.9. The molecule has 0 aliphatic heterocycles. The van der Waals surface area contributed by atoms with Gasteiger partial charge in [-0.1, -0.05) is 32.0 Å². The third kappa shape index (κ3) is 4.65. The summed E-state index contributed by atoms with van der Waals surface area (Å²) in [6.45, 7) is 4.42. The predicted octanol–water partition coefficient (Wildman–Crippen LogP) is 4.27. The molecule has 7 nitrogen and oxygen atoms in total. The summed E-state index contributed by atoms with van der Waals surface area (Å²) in [5.41, 5.74) is 6.53. The van der Waals surface area contributed by atoms with Crippen molar-refractivity contribution >= 4 is 17.0 Å². The van der Waals surface area contributed by atoms with E-state index in [2.05, 4.69) is 47.7 Å². The normalized spacial score (nSPS) is 11.2. The van der Waals surface area contributed by atoms with Crippen molar-refractivity contribution in [3.8, 4) is 17.3 Å². The number of ether oxygens (including phenoxy) is 1. The van der Waals surface area contributed by atoms with Crippen molar-refractivity contribution in [1.82, 2.24) is 19.1 Å². The number of aryl methyl sites for hydroxylation is 1. The zero-order valence-electron chi connectivity index (χ0n) is 19.4. The largest absolute Gasteiger partial charge is 0.468 e. The van der Waals surface area contributed by atoms with Crippen LogP contribution in [-0.4, -0.2) is 32.2 Å². The van der Waals surface area contributed by atoms with Gasteiger partial charge in [0.2, 0.25) is 0 Å². The fourth-order valence-corrected chi connectivity index (χ4v) is 4.05. The van der Waals surface area contributed by atoms with Gasteiger partial charge in [-0.2, -0.15) is 5.26 Å². The quantitative estimate of drug-likeness (QED) is 0.400. The maximum atomic E-state index is 12.0. The van der Waals surface area contributed by atoms with Crippen molar-refractivity contribution in [2.24, 2.45) is 13.0 Å². The number of imidazole rings is 2. The fraction of sp³-hybridized carbons (Fsp3) is 0.308. The molecule has 2 aromatic heterocycles. The van der Waals surface area contributed by atoms with Gasteiger partial charge in [-0.25, -0.2) is 9.97 Å². The van der Waals surface area contributed by atoms with Crippen LogP contribution in [0.2, 0.25) is 0 Å². The molecule has 0 aliphatic rings. The van der Waals surface area contributed by atoms with E-state index in [-0.39, 0.29) is 12.5 Å². The van der Waals surface area contributed by atoms with Gasteiger partial charge < -0.3 is 13.9 Å². The molecule has 0 N–H and O–H groups in total. The van der Waals surface area contributed by atoms with Crippen LogP contribution >= 0.6 is 0 Å². The summed E-state index contributed by atoms with van der Waals surface area (Å²) in [7, 11) is 3.41. The third-order valence-electron chi connectivity index (χ3n) is 5.73. The summed E-state index contributed by atoms with van der Waals surface area (Å²) in [4.78, 5) is 21.5. The van der Waals surface area contributed by atoms with Gasteiger partial charge >= 0.3 is 5.97 Å². The number of nitriles is 1. The molecule has 0 fully saturated rings. The molecule has 4 rings (SSSR count). The highest BCUT2D eigenvalue weighted by Crippen LogP contribution is 2.29. The van der Waals surface area contributed by atoms with Crippen LogP contribution in [0.5, 0.6) is 0 Å². The van der Waals surface area contributed by atoms with E-state index in [1.807, 2.05) is 35.9 Å². The van der Waals surface area contributed by atoms with Gasteiger partial charge in [-0.3, -0.25) is 4.79 Å². The van der Waals surface area contributed by atoms with Crippen LogP contribution < -0.4 is 0 Å². The molecule has 2 aromatic carbocycles. The Morgan fingerprint density at radius 2 is 1.94 bits per heavy atom. The topological polar surface area (TPSA) is 85.7 Å². The first-order chi connectivity index (χ1) is 15.9. The van der Waals surface area contributed by atoms with Gasteiger partial charge in [0.05, 0.1) is 47.5 Å². The molecule has 168 valence electrons. The molecule has 7 heteroatoms. The summed E-state index contributed by atoms with van der Waals surface area (Å²) in [6, 6.07) is 15.9. The van der Waals surface area contributed by atoms with E-state index in [1.54, 1.807) is 6.33 Å². The Morgan fingerprint density at radius 1 is 1.18 bits per heavy atom. The maximum Gasteiger partial charge on any atom is 0.325 e. The summed E-state index contributed by atoms with van der Waals surface area (Å²) in [5.74, 6) is 1.06. The highest BCUT2D eigenvalue weighted by Gasteiger charge is 2.18. The molecular weight excluding hydrogens is 414 g/mol. The second kappa shape index (κ2) is 9.29. The molecule has 0 aliphatic carbocycles. The molecule has 2 heterocycles. The van der Waals surface area contributed by atoms with Gasteiger partial charge in [0, 0.05) is 19.0 Å². The minimum atomic E-state index is -0.312. The van der Waals surface area contributed by atoms with E-state index in [0.717, 1.165) is 45.8 Å². The molecule has 0 radical (unpaired) electrons. The maximum absolute atomic E-state index is 12.0. The van der Waals surface area contributed by atoms with E-state index in [0.29, 0.717) is 17.9 Å². The van der Waals surface area contributed by atoms with Crippen LogP contribution in [0.1, 0.15) is 36.5 Å². The molecule has 0 saturated carbocycles. The number of benzene rings is 2. The SMILES string of the molecule is COC(=O)Cn1cnc(CC(C)C)c1-c1ccc2c(c1)nc(Cc1ccc(C#N)cc1)n2C. The fourth-order valence-electron chi connectivity index (χ4n) is 4.05. The Morgan fingerprint density at radius 3 is 2.61 bits per heavy atom. The predicted molar refractivity (Wildman–Crippen MR) is 126 cm³/mol. The number of carbonyl (C=O) groups excluding carboxylic acids is 1. The van der Waals surface area contributed by atoms with Crippen molar-refractivity contribution in [1.29, 1.82) is 5.26 Å². The van der Waals surface area contributed by atoms with Crippen LogP contribution in [0, 0.1) is 17.2 Å². The number of hydrogen-bond donors (Lipinski definition) is 0. The lowest BCUT2D eigenvalue weighted by molar-refractivity contribution is -0.141. The molecule has 0 unspecified atom stereocenters. The van der Waals surface area contributed by atoms with E-state index in [4.69, 9.17) is 15.0 Å². The number of nitrogens with zero attached hydrogens (tertiary/aromatic N) is 5. The van der Waals surface area contributed by atoms with Gasteiger partial charge in [0.15, 0.2) is 0 Å². The number of esters is 1. The molecule has 0 atom stereocenters. The standard InChI is InChI=1S/C26H27N5O2/c1-17(2)11-22-26(31(16-28-22)15-25(32)33-4)20-9-10-23-21(13-20)29-24(30(23)3)12-18-5-7-19(14-27)8-6-18/h5-10,13,16-17H,11-12,15H2,1-4H3. The molecule has 0 bridgehead atoms. The van der Waals surface area contributed by atoms with E-state index >= 15 is 0 Å². The first kappa shape index (κ1) is 22.3. The van der Waals surface area contributed by atoms with Crippen LogP contribution in [0.3, 0.4) is 0 Å². The average molecular weight is 442 g/mol. The number of hydrogen-bond acceptors (Lipinski definition) is 5. The second-order valence-electron chi connectivity index (χ2n) is 8.62. The summed E-state index contributed by atoms with van der Waals surface area (Å²) in [5, 5.41) is 9.01. The van der Waals surface area contributed by atoms with E-state index in [9.17, 15) is 4.79 Å². The van der Waals surface area contributed by atoms with Gasteiger partial charge in [0.25, 0.3) is 0 Å². The molecular formula is C26H27N5O2. The van der Waals surface area contributed by atoms with Crippen molar-refractivity contribution in [2.75, 3.05) is 7.11 Å². The van der Waals surface area contributed by atoms with E-state index in [1.165, 1.54) is 7.11 Å². The molecule has 0 amide bonds. The van der Waals surface area contributed by atoms with Crippen molar-refractivity contribution < 1.29 is 9.53 Å². The number of fused-ring (bicyclic) bond motifs is 1. The molecule has 4 aromatic rings. The lowest BCUT2D eigenvalue weighted by Gasteiger charge is -2.11. The van der Waals surface area contributed by atoms with Crippen LogP contribution in [-0.2, 0) is 36.0 Å². The number of methoxy groups -OCH3 is 1. The van der Waals surface area contributed by atoms with Crippen molar-refractivity contribution in [3.63, 3.8) is 0 Å². The number of carbonyl (C=O) groups is 1.